The van der Waals surface area contributed by atoms with Crippen LogP contribution in [0.3, 0.4) is 0 Å². The predicted molar refractivity (Wildman–Crippen MR) is 102 cm³/mol. The van der Waals surface area contributed by atoms with Gasteiger partial charge in [-0.1, -0.05) is 26.0 Å². The fraction of sp³-hybridized carbons (Fsp3) is 0.619. The van der Waals surface area contributed by atoms with Crippen LogP contribution in [-0.2, 0) is 5.60 Å². The van der Waals surface area contributed by atoms with Crippen molar-refractivity contribution in [3.63, 3.8) is 0 Å². The van der Waals surface area contributed by atoms with E-state index in [0.29, 0.717) is 23.9 Å². The summed E-state index contributed by atoms with van der Waals surface area (Å²) in [4.78, 5) is 1.36. The van der Waals surface area contributed by atoms with Crippen molar-refractivity contribution in [2.75, 3.05) is 25.4 Å². The van der Waals surface area contributed by atoms with Gasteiger partial charge in [0, 0.05) is 24.3 Å². The van der Waals surface area contributed by atoms with Crippen LogP contribution in [0.4, 0.5) is 18.9 Å². The first kappa shape index (κ1) is 20.2. The molecule has 0 amide bonds. The van der Waals surface area contributed by atoms with Crippen LogP contribution in [0.15, 0.2) is 24.3 Å². The Morgan fingerprint density at radius 3 is 2.37 bits per heavy atom. The van der Waals surface area contributed by atoms with Gasteiger partial charge in [0.15, 0.2) is 0 Å². The number of nitrogens with two attached hydrogens (primary N) is 1. The zero-order valence-corrected chi connectivity index (χ0v) is 16.1. The van der Waals surface area contributed by atoms with Crippen molar-refractivity contribution < 1.29 is 18.3 Å². The van der Waals surface area contributed by atoms with E-state index in [4.69, 9.17) is 5.73 Å². The molecule has 0 spiro atoms. The number of hydrogen-bond acceptors (Lipinski definition) is 3. The third-order valence-electron chi connectivity index (χ3n) is 5.99. The Labute approximate surface area is 159 Å². The summed E-state index contributed by atoms with van der Waals surface area (Å²) in [5, 5.41) is 11.1. The third-order valence-corrected chi connectivity index (χ3v) is 5.99. The summed E-state index contributed by atoms with van der Waals surface area (Å²) < 4.78 is 37.8. The van der Waals surface area contributed by atoms with E-state index in [-0.39, 0.29) is 13.1 Å². The van der Waals surface area contributed by atoms with E-state index >= 15 is 0 Å². The number of anilines is 1. The minimum Gasteiger partial charge on any atom is -0.398 e. The van der Waals surface area contributed by atoms with Gasteiger partial charge in [0.05, 0.1) is 12.1 Å². The van der Waals surface area contributed by atoms with E-state index in [2.05, 4.69) is 19.9 Å². The van der Waals surface area contributed by atoms with Gasteiger partial charge in [-0.15, -0.1) is 0 Å². The van der Waals surface area contributed by atoms with Gasteiger partial charge in [0.1, 0.15) is 0 Å². The van der Waals surface area contributed by atoms with Crippen LogP contribution >= 0.6 is 0 Å². The van der Waals surface area contributed by atoms with Crippen LogP contribution in [0, 0.1) is 5.41 Å². The minimum atomic E-state index is -4.20. The Morgan fingerprint density at radius 1 is 1.15 bits per heavy atom. The number of allylic oxidation sites excluding steroid dienone is 2. The lowest BCUT2D eigenvalue weighted by atomic mass is 9.76. The fourth-order valence-electron chi connectivity index (χ4n) is 4.07. The zero-order chi connectivity index (χ0) is 19.9. The summed E-state index contributed by atoms with van der Waals surface area (Å²) in [6, 6.07) is 5.57. The fourth-order valence-corrected chi connectivity index (χ4v) is 4.07. The summed E-state index contributed by atoms with van der Waals surface area (Å²) >= 11 is 0. The molecule has 1 fully saturated rings. The molecule has 3 rings (SSSR count). The second kappa shape index (κ2) is 7.13. The Balaban J connectivity index is 1.77. The molecule has 1 aliphatic carbocycles. The number of likely N-dealkylation sites (tertiary alicyclic amines) is 1. The molecule has 0 atom stereocenters. The highest BCUT2D eigenvalue weighted by Crippen LogP contribution is 2.41. The summed E-state index contributed by atoms with van der Waals surface area (Å²) in [5.74, 6) is 0. The largest absolute Gasteiger partial charge is 0.401 e. The van der Waals surface area contributed by atoms with Gasteiger partial charge in [0.2, 0.25) is 0 Å². The van der Waals surface area contributed by atoms with E-state index < -0.39 is 18.3 Å². The molecule has 0 aromatic heterocycles. The van der Waals surface area contributed by atoms with E-state index in [1.807, 2.05) is 18.2 Å². The van der Waals surface area contributed by atoms with Crippen LogP contribution < -0.4 is 5.73 Å². The number of benzene rings is 1. The second-order valence-corrected chi connectivity index (χ2v) is 8.82. The van der Waals surface area contributed by atoms with Crippen molar-refractivity contribution in [1.82, 2.24) is 4.90 Å². The third kappa shape index (κ3) is 4.85. The molecule has 0 radical (unpaired) electrons. The maximum absolute atomic E-state index is 12.6. The first-order chi connectivity index (χ1) is 12.5. The van der Waals surface area contributed by atoms with Crippen LogP contribution in [0.2, 0.25) is 0 Å². The molecular formula is C21H29F3N2O. The predicted octanol–water partition coefficient (Wildman–Crippen LogP) is 4.71. The highest BCUT2D eigenvalue weighted by molar-refractivity contribution is 5.76. The van der Waals surface area contributed by atoms with Crippen molar-refractivity contribution in [2.24, 2.45) is 5.41 Å². The van der Waals surface area contributed by atoms with Crippen molar-refractivity contribution in [1.29, 1.82) is 0 Å². The molecule has 1 aromatic rings. The molecule has 0 saturated carbocycles. The molecule has 3 N–H and O–H groups in total. The summed E-state index contributed by atoms with van der Waals surface area (Å²) in [7, 11) is 0. The maximum Gasteiger partial charge on any atom is 0.401 e. The van der Waals surface area contributed by atoms with E-state index in [1.165, 1.54) is 10.5 Å². The van der Waals surface area contributed by atoms with Crippen LogP contribution in [0.1, 0.15) is 57.1 Å². The van der Waals surface area contributed by atoms with Crippen molar-refractivity contribution in [3.05, 3.63) is 35.4 Å². The molecule has 0 bridgehead atoms. The summed E-state index contributed by atoms with van der Waals surface area (Å²) in [6.07, 6.45) is 1.62. The number of rotatable bonds is 3. The number of nitrogen functional groups attached to an aromatic ring is 1. The molecule has 1 aromatic carbocycles. The Hall–Kier alpha value is -1.53. The number of aliphatic hydroxyl groups is 1. The van der Waals surface area contributed by atoms with Gasteiger partial charge in [-0.2, -0.15) is 13.2 Å². The maximum atomic E-state index is 12.6. The van der Waals surface area contributed by atoms with E-state index in [9.17, 15) is 18.3 Å². The molecule has 27 heavy (non-hydrogen) atoms. The van der Waals surface area contributed by atoms with Crippen molar-refractivity contribution >= 4 is 11.3 Å². The molecule has 1 heterocycles. The monoisotopic (exact) mass is 382 g/mol. The standard InChI is InChI=1S/C21H29F3N2O/c1-19(2)7-5-15(6-8-19)17-13-16(3-4-18(17)25)20(27)9-11-26(12-10-20)14-21(22,23)24/h3-5,13,27H,6-12,14,25H2,1-2H3. The van der Waals surface area contributed by atoms with E-state index in [0.717, 1.165) is 30.4 Å². The van der Waals surface area contributed by atoms with Crippen molar-refractivity contribution in [3.8, 4) is 0 Å². The molecule has 2 aliphatic rings. The number of halogens is 3. The highest BCUT2D eigenvalue weighted by Gasteiger charge is 2.38. The summed E-state index contributed by atoms with van der Waals surface area (Å²) in [5.41, 5.74) is 8.98. The van der Waals surface area contributed by atoms with Gasteiger partial charge in [0.25, 0.3) is 0 Å². The Kier molecular flexibility index (Phi) is 5.34. The van der Waals surface area contributed by atoms with Gasteiger partial charge in [-0.05, 0) is 60.8 Å². The molecular weight excluding hydrogens is 353 g/mol. The normalized spacial score (nSPS) is 23.1. The smallest absolute Gasteiger partial charge is 0.398 e. The molecule has 6 heteroatoms. The Bertz CT molecular complexity index is 717. The van der Waals surface area contributed by atoms with Gasteiger partial charge >= 0.3 is 6.18 Å². The lowest BCUT2D eigenvalue weighted by Crippen LogP contribution is -2.45. The van der Waals surface area contributed by atoms with Crippen LogP contribution in [0.25, 0.3) is 5.57 Å². The van der Waals surface area contributed by atoms with Gasteiger partial charge < -0.3 is 10.8 Å². The number of piperidine rings is 1. The first-order valence-electron chi connectivity index (χ1n) is 9.58. The zero-order valence-electron chi connectivity index (χ0n) is 16.1. The lowest BCUT2D eigenvalue weighted by molar-refractivity contribution is -0.154. The topological polar surface area (TPSA) is 49.5 Å². The minimum absolute atomic E-state index is 0.229. The average molecular weight is 382 g/mol. The first-order valence-corrected chi connectivity index (χ1v) is 9.58. The van der Waals surface area contributed by atoms with Crippen molar-refractivity contribution in [2.45, 2.75) is 57.7 Å². The molecule has 3 nitrogen and oxygen atoms in total. The average Bonchev–Trinajstić information content (AvgIpc) is 2.57. The SMILES string of the molecule is CC1(C)CC=C(c2cc(C3(O)CCN(CC(F)(F)F)CC3)ccc2N)CC1. The summed E-state index contributed by atoms with van der Waals surface area (Å²) in [6.45, 7) is 4.03. The molecule has 150 valence electrons. The molecule has 1 saturated heterocycles. The van der Waals surface area contributed by atoms with Gasteiger partial charge in [-0.3, -0.25) is 4.90 Å². The van der Waals surface area contributed by atoms with Gasteiger partial charge in [-0.25, -0.2) is 0 Å². The molecule has 0 unspecified atom stereocenters. The van der Waals surface area contributed by atoms with Crippen LogP contribution in [-0.4, -0.2) is 35.8 Å². The number of hydrogen-bond donors (Lipinski definition) is 2. The quantitative estimate of drug-likeness (QED) is 0.745. The number of nitrogens with zero attached hydrogens (tertiary/aromatic N) is 1. The highest BCUT2D eigenvalue weighted by atomic mass is 19.4. The Morgan fingerprint density at radius 2 is 1.81 bits per heavy atom. The van der Waals surface area contributed by atoms with Crippen LogP contribution in [0.5, 0.6) is 0 Å². The van der Waals surface area contributed by atoms with E-state index in [1.54, 1.807) is 0 Å². The number of alkyl halides is 3. The molecule has 1 aliphatic heterocycles. The second-order valence-electron chi connectivity index (χ2n) is 8.82. The lowest BCUT2D eigenvalue weighted by Gasteiger charge is -2.39.